The van der Waals surface area contributed by atoms with E-state index in [4.69, 9.17) is 0 Å². The molecule has 46 heavy (non-hydrogen) atoms. The molecular formula is C38H37N5O3. The molecule has 0 aliphatic carbocycles. The Kier molecular flexibility index (Phi) is 9.36. The topological polar surface area (TPSA) is 90.4 Å². The van der Waals surface area contributed by atoms with E-state index in [1.54, 1.807) is 43.5 Å². The smallest absolute Gasteiger partial charge is 0.274 e. The van der Waals surface area contributed by atoms with Gasteiger partial charge in [0.25, 0.3) is 17.0 Å². The molecule has 1 aliphatic heterocycles. The van der Waals surface area contributed by atoms with Gasteiger partial charge in [0, 0.05) is 56.7 Å². The number of aromatic nitrogens is 2. The van der Waals surface area contributed by atoms with Crippen LogP contribution in [0.2, 0.25) is 0 Å². The zero-order valence-electron chi connectivity index (χ0n) is 25.9. The summed E-state index contributed by atoms with van der Waals surface area (Å²) in [5, 5.41) is 3.37. The Balaban J connectivity index is 1.07. The van der Waals surface area contributed by atoms with Crippen LogP contribution in [0.4, 0.5) is 11.4 Å². The van der Waals surface area contributed by atoms with Gasteiger partial charge in [0.2, 0.25) is 0 Å². The number of amides is 1. The van der Waals surface area contributed by atoms with Crippen LogP contribution in [-0.2, 0) is 13.5 Å². The molecule has 8 heteroatoms. The number of H-pyrrole nitrogens is 1. The van der Waals surface area contributed by atoms with Crippen molar-refractivity contribution in [3.05, 3.63) is 163 Å². The van der Waals surface area contributed by atoms with E-state index in [1.807, 2.05) is 42.5 Å². The predicted molar refractivity (Wildman–Crippen MR) is 185 cm³/mol. The lowest BCUT2D eigenvalue weighted by molar-refractivity contribution is 0.102. The molecular weight excluding hydrogens is 574 g/mol. The van der Waals surface area contributed by atoms with Crippen molar-refractivity contribution >= 4 is 29.4 Å². The number of nitrogens with one attached hydrogen (secondary N) is 2. The molecule has 0 saturated carbocycles. The van der Waals surface area contributed by atoms with E-state index in [9.17, 15) is 14.4 Å². The number of anilines is 2. The fraction of sp³-hybridized carbons (Fsp3) is 0.184. The third-order valence-corrected chi connectivity index (χ3v) is 8.36. The number of hydrogen-bond donors (Lipinski definition) is 2. The van der Waals surface area contributed by atoms with Gasteiger partial charge in [-0.2, -0.15) is 0 Å². The number of aromatic amines is 1. The molecule has 1 aliphatic rings. The van der Waals surface area contributed by atoms with E-state index in [1.165, 1.54) is 15.8 Å². The minimum absolute atomic E-state index is 0.143. The number of benzene rings is 4. The van der Waals surface area contributed by atoms with Gasteiger partial charge in [-0.25, -0.2) is 0 Å². The highest BCUT2D eigenvalue weighted by Gasteiger charge is 2.17. The van der Waals surface area contributed by atoms with Crippen molar-refractivity contribution in [2.24, 2.45) is 7.05 Å². The summed E-state index contributed by atoms with van der Waals surface area (Å²) < 4.78 is 1.34. The maximum atomic E-state index is 13.1. The lowest BCUT2D eigenvalue weighted by Gasteiger charge is -2.36. The quantitative estimate of drug-likeness (QED) is 0.281. The third-order valence-electron chi connectivity index (χ3n) is 8.36. The molecule has 1 amide bonds. The van der Waals surface area contributed by atoms with Crippen molar-refractivity contribution < 1.29 is 4.79 Å². The van der Waals surface area contributed by atoms with E-state index in [0.717, 1.165) is 44.7 Å². The first-order valence-electron chi connectivity index (χ1n) is 15.5. The van der Waals surface area contributed by atoms with E-state index < -0.39 is 0 Å². The summed E-state index contributed by atoms with van der Waals surface area (Å²) in [4.78, 5) is 46.7. The summed E-state index contributed by atoms with van der Waals surface area (Å²) in [7, 11) is 1.58. The van der Waals surface area contributed by atoms with Crippen LogP contribution >= 0.6 is 0 Å². The first-order valence-corrected chi connectivity index (χ1v) is 15.5. The van der Waals surface area contributed by atoms with Crippen molar-refractivity contribution in [1.82, 2.24) is 14.5 Å². The van der Waals surface area contributed by atoms with Gasteiger partial charge in [0.05, 0.1) is 0 Å². The summed E-state index contributed by atoms with van der Waals surface area (Å²) in [5.41, 5.74) is 4.40. The average molecular weight is 612 g/mol. The molecule has 2 heterocycles. The Bertz CT molecular complexity index is 2040. The van der Waals surface area contributed by atoms with Crippen LogP contribution in [0.5, 0.6) is 0 Å². The van der Waals surface area contributed by atoms with Gasteiger partial charge < -0.3 is 19.8 Å². The molecule has 4 aromatic carbocycles. The summed E-state index contributed by atoms with van der Waals surface area (Å²) in [6, 6.07) is 34.9. The lowest BCUT2D eigenvalue weighted by atomic mass is 10.1. The van der Waals surface area contributed by atoms with Crippen LogP contribution in [0.3, 0.4) is 0 Å². The normalized spacial score (nSPS) is 14.4. The van der Waals surface area contributed by atoms with Crippen molar-refractivity contribution in [3.8, 4) is 0 Å². The fourth-order valence-corrected chi connectivity index (χ4v) is 5.70. The van der Waals surface area contributed by atoms with Gasteiger partial charge in [-0.15, -0.1) is 0 Å². The molecule has 1 aromatic heterocycles. The molecule has 5 aromatic rings. The number of rotatable bonds is 8. The van der Waals surface area contributed by atoms with Crippen LogP contribution in [-0.4, -0.2) is 53.1 Å². The molecule has 232 valence electrons. The largest absolute Gasteiger partial charge is 0.369 e. The first-order chi connectivity index (χ1) is 22.4. The van der Waals surface area contributed by atoms with Crippen LogP contribution < -0.4 is 32.0 Å². The number of piperazine rings is 1. The van der Waals surface area contributed by atoms with E-state index in [2.05, 4.69) is 62.6 Å². The Hall–Kier alpha value is -5.47. The fourth-order valence-electron chi connectivity index (χ4n) is 5.70. The van der Waals surface area contributed by atoms with Gasteiger partial charge in [0.1, 0.15) is 10.7 Å². The molecule has 0 radical (unpaired) electrons. The molecule has 0 atom stereocenters. The van der Waals surface area contributed by atoms with Crippen LogP contribution in [0.25, 0.3) is 12.2 Å². The van der Waals surface area contributed by atoms with Crippen molar-refractivity contribution in [3.63, 3.8) is 0 Å². The summed E-state index contributed by atoms with van der Waals surface area (Å²) in [6.07, 6.45) is 4.21. The summed E-state index contributed by atoms with van der Waals surface area (Å²) >= 11 is 0. The van der Waals surface area contributed by atoms with Gasteiger partial charge in [-0.3, -0.25) is 19.3 Å². The molecule has 0 spiro atoms. The van der Waals surface area contributed by atoms with E-state index >= 15 is 0 Å². The first kappa shape index (κ1) is 30.6. The Morgan fingerprint density at radius 1 is 0.783 bits per heavy atom. The van der Waals surface area contributed by atoms with E-state index in [-0.39, 0.29) is 27.7 Å². The Morgan fingerprint density at radius 3 is 2.17 bits per heavy atom. The van der Waals surface area contributed by atoms with Crippen LogP contribution in [0.15, 0.2) is 119 Å². The van der Waals surface area contributed by atoms with Crippen molar-refractivity contribution in [1.29, 1.82) is 0 Å². The third kappa shape index (κ3) is 7.42. The van der Waals surface area contributed by atoms with Crippen molar-refractivity contribution in [2.75, 3.05) is 42.9 Å². The van der Waals surface area contributed by atoms with Gasteiger partial charge >= 0.3 is 0 Å². The highest BCUT2D eigenvalue weighted by molar-refractivity contribution is 6.04. The number of hydrogen-bond acceptors (Lipinski definition) is 5. The van der Waals surface area contributed by atoms with Crippen LogP contribution in [0, 0.1) is 0 Å². The monoisotopic (exact) mass is 611 g/mol. The minimum atomic E-state index is -0.375. The molecule has 8 nitrogen and oxygen atoms in total. The average Bonchev–Trinajstić information content (AvgIpc) is 3.10. The molecule has 2 N–H and O–H groups in total. The number of para-hydroxylation sites is 1. The molecule has 1 saturated heterocycles. The lowest BCUT2D eigenvalue weighted by Crippen LogP contribution is -2.52. The second kappa shape index (κ2) is 14.1. The van der Waals surface area contributed by atoms with Gasteiger partial charge in [0.15, 0.2) is 0 Å². The second-order valence-electron chi connectivity index (χ2n) is 11.5. The number of carbonyl (C=O) groups is 1. The molecule has 1 fully saturated rings. The summed E-state index contributed by atoms with van der Waals surface area (Å²) in [5.74, 6) is -0.256. The van der Waals surface area contributed by atoms with Crippen LogP contribution in [0.1, 0.15) is 27.0 Å². The highest BCUT2D eigenvalue weighted by Crippen LogP contribution is 2.17. The minimum Gasteiger partial charge on any atom is -0.369 e. The second-order valence-corrected chi connectivity index (χ2v) is 11.5. The highest BCUT2D eigenvalue weighted by atomic mass is 16.2. The predicted octanol–water partition coefficient (Wildman–Crippen LogP) is 3.35. The van der Waals surface area contributed by atoms with Crippen molar-refractivity contribution in [2.45, 2.75) is 6.42 Å². The standard InChI is InChI=1S/C38H37N5O3/c1-41-35(27-29-9-4-2-5-10-29)37(45)40-34(38(41)46)26-30-11-8-12-31(25-30)36(44)39-32-17-15-28(16-18-32)19-20-42-21-23-43(24-22-42)33-13-6-3-7-14-33/h2-18,25-27H,19-24H2,1H3,(H,39,44)(H,40,45)/b34-26-,35-27-. The number of nitrogens with zero attached hydrogens (tertiary/aromatic N) is 3. The Labute approximate surface area is 267 Å². The van der Waals surface area contributed by atoms with Gasteiger partial charge in [-0.05, 0) is 71.7 Å². The maximum absolute atomic E-state index is 13.1. The summed E-state index contributed by atoms with van der Waals surface area (Å²) in [6.45, 7) is 5.15. The van der Waals surface area contributed by atoms with E-state index in [0.29, 0.717) is 16.8 Å². The Morgan fingerprint density at radius 2 is 1.46 bits per heavy atom. The number of carbonyl (C=O) groups excluding carboxylic acids is 1. The molecule has 6 rings (SSSR count). The van der Waals surface area contributed by atoms with Gasteiger partial charge in [-0.1, -0.05) is 72.8 Å². The maximum Gasteiger partial charge on any atom is 0.274 e. The molecule has 0 unspecified atom stereocenters. The molecule has 0 bridgehead atoms. The zero-order valence-corrected chi connectivity index (χ0v) is 25.9. The zero-order chi connectivity index (χ0) is 31.9. The SMILES string of the molecule is Cn1c(=O)/c(=C/c2cccc(C(=O)Nc3ccc(CCN4CCN(c5ccccc5)CC4)cc3)c2)[nH]c(=O)/c1=C/c1ccccc1.